The second-order valence-electron chi connectivity index (χ2n) is 1.55. The largest absolute Gasteiger partial charge is 0.461 e. The van der Waals surface area contributed by atoms with Gasteiger partial charge in [-0.3, -0.25) is 4.79 Å². The number of ether oxygens (including phenoxy) is 1. The molecular formula is C6H9O3W-. The summed E-state index contributed by atoms with van der Waals surface area (Å²) in [5, 5.41) is 0. The summed E-state index contributed by atoms with van der Waals surface area (Å²) in [4.78, 5) is 20.4. The molecule has 10 heavy (non-hydrogen) atoms. The van der Waals surface area contributed by atoms with Crippen LogP contribution < -0.4 is 0 Å². The smallest absolute Gasteiger partial charge is 0.305 e. The minimum absolute atomic E-state index is 0. The Morgan fingerprint density at radius 1 is 1.50 bits per heavy atom. The first-order valence-corrected chi connectivity index (χ1v) is 2.67. The molecular weight excluding hydrogens is 304 g/mol. The zero-order valence-electron chi connectivity index (χ0n) is 5.75. The van der Waals surface area contributed by atoms with Gasteiger partial charge in [0.25, 0.3) is 0 Å². The van der Waals surface area contributed by atoms with E-state index in [1.54, 1.807) is 6.92 Å². The van der Waals surface area contributed by atoms with E-state index < -0.39 is 0 Å². The van der Waals surface area contributed by atoms with E-state index in [0.29, 0.717) is 6.42 Å². The van der Waals surface area contributed by atoms with Crippen LogP contribution in [-0.4, -0.2) is 18.4 Å². The predicted molar refractivity (Wildman–Crippen MR) is 31.6 cm³/mol. The molecule has 58 valence electrons. The SMILES string of the molecule is [CH2-]C(=O)COC(=O)CC.[W]. The van der Waals surface area contributed by atoms with Gasteiger partial charge in [-0.2, -0.15) is 0 Å². The number of rotatable bonds is 3. The van der Waals surface area contributed by atoms with Crippen molar-refractivity contribution in [1.29, 1.82) is 0 Å². The quantitative estimate of drug-likeness (QED) is 0.557. The van der Waals surface area contributed by atoms with E-state index in [0.717, 1.165) is 0 Å². The van der Waals surface area contributed by atoms with Crippen molar-refractivity contribution in [2.24, 2.45) is 0 Å². The number of Topliss-reactive ketones (excluding diaryl/α,β-unsaturated/α-hetero) is 1. The second-order valence-corrected chi connectivity index (χ2v) is 1.55. The molecule has 0 N–H and O–H groups in total. The van der Waals surface area contributed by atoms with Gasteiger partial charge >= 0.3 is 5.97 Å². The van der Waals surface area contributed by atoms with Crippen molar-refractivity contribution in [3.63, 3.8) is 0 Å². The van der Waals surface area contributed by atoms with Crippen LogP contribution in [0.5, 0.6) is 0 Å². The molecule has 0 aromatic rings. The van der Waals surface area contributed by atoms with Crippen LogP contribution in [0, 0.1) is 6.92 Å². The van der Waals surface area contributed by atoms with E-state index in [1.165, 1.54) is 0 Å². The van der Waals surface area contributed by atoms with Crippen molar-refractivity contribution in [1.82, 2.24) is 0 Å². The average Bonchev–Trinajstić information content (AvgIpc) is 1.83. The van der Waals surface area contributed by atoms with Gasteiger partial charge in [-0.25, -0.2) is 0 Å². The summed E-state index contributed by atoms with van der Waals surface area (Å²) < 4.78 is 4.40. The second kappa shape index (κ2) is 6.81. The standard InChI is InChI=1S/C6H9O3.W/c1-3-6(8)9-4-5(2)7;/h2-4H2,1H3;/q-1;. The summed E-state index contributed by atoms with van der Waals surface area (Å²) in [6, 6.07) is 0. The molecule has 0 aromatic carbocycles. The van der Waals surface area contributed by atoms with Crippen LogP contribution in [0.2, 0.25) is 0 Å². The number of hydrogen-bond acceptors (Lipinski definition) is 3. The molecule has 0 heterocycles. The van der Waals surface area contributed by atoms with Gasteiger partial charge in [0.1, 0.15) is 6.61 Å². The van der Waals surface area contributed by atoms with Crippen LogP contribution in [0.25, 0.3) is 0 Å². The molecule has 0 bridgehead atoms. The van der Waals surface area contributed by atoms with Gasteiger partial charge in [0.05, 0.1) is 0 Å². The maximum Gasteiger partial charge on any atom is 0.305 e. The molecule has 0 aliphatic carbocycles. The predicted octanol–water partition coefficient (Wildman–Crippen LogP) is 0.340. The van der Waals surface area contributed by atoms with E-state index >= 15 is 0 Å². The molecule has 0 saturated carbocycles. The normalized spacial score (nSPS) is 7.70. The van der Waals surface area contributed by atoms with Gasteiger partial charge in [-0.1, -0.05) is 6.92 Å². The van der Waals surface area contributed by atoms with Crippen molar-refractivity contribution in [3.05, 3.63) is 6.92 Å². The molecule has 0 radical (unpaired) electrons. The topological polar surface area (TPSA) is 43.4 Å². The van der Waals surface area contributed by atoms with E-state index in [4.69, 9.17) is 0 Å². The third kappa shape index (κ3) is 7.70. The molecule has 3 nitrogen and oxygen atoms in total. The third-order valence-electron chi connectivity index (χ3n) is 0.683. The van der Waals surface area contributed by atoms with Gasteiger partial charge in [0.2, 0.25) is 0 Å². The molecule has 0 aliphatic rings. The number of esters is 1. The molecule has 0 fully saturated rings. The first-order chi connectivity index (χ1) is 4.16. The van der Waals surface area contributed by atoms with E-state index in [9.17, 15) is 9.59 Å². The Morgan fingerprint density at radius 3 is 2.30 bits per heavy atom. The number of hydrogen-bond donors (Lipinski definition) is 0. The van der Waals surface area contributed by atoms with Crippen LogP contribution in [0.1, 0.15) is 13.3 Å². The molecule has 0 unspecified atom stereocenters. The van der Waals surface area contributed by atoms with Crippen LogP contribution in [0.4, 0.5) is 0 Å². The van der Waals surface area contributed by atoms with Gasteiger partial charge < -0.3 is 16.5 Å². The molecule has 0 aromatic heterocycles. The van der Waals surface area contributed by atoms with E-state index in [1.807, 2.05) is 0 Å². The Kier molecular flexibility index (Phi) is 8.44. The summed E-state index contributed by atoms with van der Waals surface area (Å²) in [6.07, 6.45) is 0.299. The molecule has 0 saturated heterocycles. The van der Waals surface area contributed by atoms with Crippen LogP contribution in [0.3, 0.4) is 0 Å². The fraction of sp³-hybridized carbons (Fsp3) is 0.500. The maximum atomic E-state index is 10.3. The van der Waals surface area contributed by atoms with Crippen LogP contribution in [0.15, 0.2) is 0 Å². The Bertz CT molecular complexity index is 122. The van der Waals surface area contributed by atoms with Crippen molar-refractivity contribution in [3.8, 4) is 0 Å². The van der Waals surface area contributed by atoms with Crippen LogP contribution >= 0.6 is 0 Å². The summed E-state index contributed by atoms with van der Waals surface area (Å²) in [7, 11) is 0. The average molecular weight is 313 g/mol. The fourth-order valence-corrected chi connectivity index (χ4v) is 0.263. The van der Waals surface area contributed by atoms with Crippen molar-refractivity contribution in [2.45, 2.75) is 13.3 Å². The van der Waals surface area contributed by atoms with Gasteiger partial charge in [0, 0.05) is 33.3 Å². The molecule has 0 aliphatic heterocycles. The van der Waals surface area contributed by atoms with Crippen LogP contribution in [-0.2, 0) is 35.4 Å². The first-order valence-electron chi connectivity index (χ1n) is 2.67. The number of ketones is 1. The first kappa shape index (κ1) is 12.4. The van der Waals surface area contributed by atoms with Gasteiger partial charge in [-0.15, -0.1) is 0 Å². The Hall–Kier alpha value is -0.302. The summed E-state index contributed by atoms with van der Waals surface area (Å²) in [6.45, 7) is 4.49. The Morgan fingerprint density at radius 2 is 2.00 bits per heavy atom. The summed E-state index contributed by atoms with van der Waals surface area (Å²) in [5.41, 5.74) is 0. The van der Waals surface area contributed by atoms with E-state index in [2.05, 4.69) is 11.7 Å². The van der Waals surface area contributed by atoms with Gasteiger partial charge in [0.15, 0.2) is 0 Å². The number of carbonyl (C=O) groups excluding carboxylic acids is 2. The number of carbonyl (C=O) groups is 2. The maximum absolute atomic E-state index is 10.3. The van der Waals surface area contributed by atoms with Gasteiger partial charge in [-0.05, 0) is 0 Å². The Balaban J connectivity index is 0. The fourth-order valence-electron chi connectivity index (χ4n) is 0.263. The minimum Gasteiger partial charge on any atom is -0.461 e. The van der Waals surface area contributed by atoms with Crippen molar-refractivity contribution >= 4 is 11.8 Å². The Labute approximate surface area is 74.4 Å². The monoisotopic (exact) mass is 313 g/mol. The third-order valence-corrected chi connectivity index (χ3v) is 0.683. The zero-order chi connectivity index (χ0) is 7.28. The zero-order valence-corrected chi connectivity index (χ0v) is 8.69. The molecule has 0 rings (SSSR count). The molecule has 0 atom stereocenters. The van der Waals surface area contributed by atoms with E-state index in [-0.39, 0.29) is 39.4 Å². The van der Waals surface area contributed by atoms with Crippen molar-refractivity contribution in [2.75, 3.05) is 6.61 Å². The summed E-state index contributed by atoms with van der Waals surface area (Å²) >= 11 is 0. The van der Waals surface area contributed by atoms with Crippen molar-refractivity contribution < 1.29 is 35.4 Å². The molecule has 0 amide bonds. The summed E-state index contributed by atoms with van der Waals surface area (Å²) in [5.74, 6) is -0.746. The molecule has 0 spiro atoms. The minimum atomic E-state index is -0.378. The molecule has 4 heteroatoms.